The molecule has 1 atom stereocenters. The van der Waals surface area contributed by atoms with Crippen LogP contribution < -0.4 is 5.43 Å². The maximum atomic E-state index is 7.51. The molecule has 1 unspecified atom stereocenters. The molecule has 1 heterocycles. The summed E-state index contributed by atoms with van der Waals surface area (Å²) in [5, 5.41) is 11.6. The molecule has 0 saturated carbocycles. The monoisotopic (exact) mass is 139 g/mol. The van der Waals surface area contributed by atoms with Gasteiger partial charge in [0, 0.05) is 12.5 Å². The lowest BCUT2D eigenvalue weighted by molar-refractivity contribution is 0.580. The highest BCUT2D eigenvalue weighted by Crippen LogP contribution is 2.03. The zero-order chi connectivity index (χ0) is 7.56. The van der Waals surface area contributed by atoms with Crippen molar-refractivity contribution < 1.29 is 0 Å². The molecule has 56 valence electrons. The van der Waals surface area contributed by atoms with E-state index in [1.165, 1.54) is 0 Å². The van der Waals surface area contributed by atoms with Crippen molar-refractivity contribution in [2.45, 2.75) is 32.7 Å². The van der Waals surface area contributed by atoms with E-state index in [0.717, 1.165) is 18.6 Å². The standard InChI is InChI=1S/C7H13N3/c1-3-7-6(8)4-5(2)9-10-7/h5,8-9H,3-4H2,1-2H3. The molecule has 0 spiro atoms. The molecule has 1 aliphatic heterocycles. The first-order valence-corrected chi connectivity index (χ1v) is 3.64. The van der Waals surface area contributed by atoms with Gasteiger partial charge in [0.15, 0.2) is 0 Å². The summed E-state index contributed by atoms with van der Waals surface area (Å²) in [4.78, 5) is 0. The maximum Gasteiger partial charge on any atom is 0.0808 e. The average Bonchev–Trinajstić information content (AvgIpc) is 1.88. The van der Waals surface area contributed by atoms with Crippen LogP contribution in [0.2, 0.25) is 0 Å². The van der Waals surface area contributed by atoms with Gasteiger partial charge in [-0.05, 0) is 13.3 Å². The van der Waals surface area contributed by atoms with Crippen LogP contribution in [0.25, 0.3) is 0 Å². The summed E-state index contributed by atoms with van der Waals surface area (Å²) in [6.45, 7) is 4.05. The number of hydrogen-bond acceptors (Lipinski definition) is 3. The Balaban J connectivity index is 2.66. The van der Waals surface area contributed by atoms with Crippen LogP contribution in [-0.2, 0) is 0 Å². The Hall–Kier alpha value is -0.860. The lowest BCUT2D eigenvalue weighted by atomic mass is 10.0. The van der Waals surface area contributed by atoms with Crippen molar-refractivity contribution in [3.8, 4) is 0 Å². The quantitative estimate of drug-likeness (QED) is 0.562. The van der Waals surface area contributed by atoms with Crippen LogP contribution in [0.15, 0.2) is 5.10 Å². The number of nitrogens with one attached hydrogen (secondary N) is 2. The van der Waals surface area contributed by atoms with Crippen LogP contribution in [-0.4, -0.2) is 17.5 Å². The van der Waals surface area contributed by atoms with Gasteiger partial charge >= 0.3 is 0 Å². The second-order valence-electron chi connectivity index (χ2n) is 2.62. The van der Waals surface area contributed by atoms with Crippen LogP contribution in [0.4, 0.5) is 0 Å². The van der Waals surface area contributed by atoms with E-state index in [2.05, 4.69) is 10.5 Å². The average molecular weight is 139 g/mol. The highest BCUT2D eigenvalue weighted by Gasteiger charge is 2.14. The first kappa shape index (κ1) is 7.25. The topological polar surface area (TPSA) is 48.2 Å². The lowest BCUT2D eigenvalue weighted by Crippen LogP contribution is -2.34. The van der Waals surface area contributed by atoms with Crippen LogP contribution in [0.5, 0.6) is 0 Å². The summed E-state index contributed by atoms with van der Waals surface area (Å²) >= 11 is 0. The van der Waals surface area contributed by atoms with Gasteiger partial charge in [-0.25, -0.2) is 0 Å². The summed E-state index contributed by atoms with van der Waals surface area (Å²) < 4.78 is 0. The minimum Gasteiger partial charge on any atom is -0.307 e. The zero-order valence-electron chi connectivity index (χ0n) is 6.44. The number of nitrogens with zero attached hydrogens (tertiary/aromatic N) is 1. The smallest absolute Gasteiger partial charge is 0.0808 e. The largest absolute Gasteiger partial charge is 0.307 e. The third-order valence-corrected chi connectivity index (χ3v) is 1.61. The molecule has 0 amide bonds. The van der Waals surface area contributed by atoms with Crippen molar-refractivity contribution >= 4 is 11.4 Å². The van der Waals surface area contributed by atoms with Gasteiger partial charge in [-0.1, -0.05) is 6.92 Å². The van der Waals surface area contributed by atoms with Gasteiger partial charge < -0.3 is 10.8 Å². The fraction of sp³-hybridized carbons (Fsp3) is 0.714. The molecule has 1 aliphatic rings. The Labute approximate surface area is 61.0 Å². The van der Waals surface area contributed by atoms with E-state index in [-0.39, 0.29) is 0 Å². The summed E-state index contributed by atoms with van der Waals surface area (Å²) in [5.74, 6) is 0. The molecule has 3 heteroatoms. The molecule has 0 radical (unpaired) electrons. The van der Waals surface area contributed by atoms with E-state index in [1.54, 1.807) is 0 Å². The Bertz CT molecular complexity index is 172. The minimum absolute atomic E-state index is 0.336. The van der Waals surface area contributed by atoms with Crippen LogP contribution in [0, 0.1) is 5.41 Å². The van der Waals surface area contributed by atoms with E-state index < -0.39 is 0 Å². The van der Waals surface area contributed by atoms with E-state index in [9.17, 15) is 0 Å². The van der Waals surface area contributed by atoms with Crippen LogP contribution in [0.3, 0.4) is 0 Å². The van der Waals surface area contributed by atoms with E-state index in [0.29, 0.717) is 11.8 Å². The molecule has 0 saturated heterocycles. The van der Waals surface area contributed by atoms with Crippen molar-refractivity contribution in [2.24, 2.45) is 5.10 Å². The summed E-state index contributed by atoms with van der Waals surface area (Å²) in [5.41, 5.74) is 4.55. The van der Waals surface area contributed by atoms with Crippen LogP contribution in [0.1, 0.15) is 26.7 Å². The maximum absolute atomic E-state index is 7.51. The number of rotatable bonds is 1. The van der Waals surface area contributed by atoms with E-state index in [1.807, 2.05) is 13.8 Å². The Morgan fingerprint density at radius 2 is 2.50 bits per heavy atom. The molecule has 0 bridgehead atoms. The Morgan fingerprint density at radius 3 is 3.00 bits per heavy atom. The minimum atomic E-state index is 0.336. The number of hydrogen-bond donors (Lipinski definition) is 2. The van der Waals surface area contributed by atoms with Crippen molar-refractivity contribution in [1.82, 2.24) is 5.43 Å². The third-order valence-electron chi connectivity index (χ3n) is 1.61. The summed E-state index contributed by atoms with van der Waals surface area (Å²) in [7, 11) is 0. The molecule has 0 aliphatic carbocycles. The van der Waals surface area contributed by atoms with Gasteiger partial charge in [-0.2, -0.15) is 5.10 Å². The first-order chi connectivity index (χ1) is 4.74. The van der Waals surface area contributed by atoms with Gasteiger partial charge in [-0.15, -0.1) is 0 Å². The molecular formula is C7H13N3. The molecule has 1 rings (SSSR count). The molecule has 0 aromatic rings. The fourth-order valence-electron chi connectivity index (χ4n) is 1.02. The van der Waals surface area contributed by atoms with Gasteiger partial charge in [-0.3, -0.25) is 0 Å². The van der Waals surface area contributed by atoms with Gasteiger partial charge in [0.2, 0.25) is 0 Å². The van der Waals surface area contributed by atoms with Crippen molar-refractivity contribution in [3.63, 3.8) is 0 Å². The van der Waals surface area contributed by atoms with Crippen LogP contribution >= 0.6 is 0 Å². The number of hydrazone groups is 1. The predicted octanol–water partition coefficient (Wildman–Crippen LogP) is 1.15. The molecule has 10 heavy (non-hydrogen) atoms. The first-order valence-electron chi connectivity index (χ1n) is 3.64. The van der Waals surface area contributed by atoms with Crippen molar-refractivity contribution in [1.29, 1.82) is 5.41 Å². The lowest BCUT2D eigenvalue weighted by Gasteiger charge is -2.18. The van der Waals surface area contributed by atoms with E-state index >= 15 is 0 Å². The van der Waals surface area contributed by atoms with Crippen molar-refractivity contribution in [2.75, 3.05) is 0 Å². The fourth-order valence-corrected chi connectivity index (χ4v) is 1.02. The van der Waals surface area contributed by atoms with E-state index in [4.69, 9.17) is 5.41 Å². The summed E-state index contributed by atoms with van der Waals surface area (Å²) in [6.07, 6.45) is 1.67. The SMILES string of the molecule is CCC1=NNC(C)CC1=N. The Morgan fingerprint density at radius 1 is 1.80 bits per heavy atom. The molecule has 3 nitrogen and oxygen atoms in total. The molecule has 0 fully saturated rings. The van der Waals surface area contributed by atoms with Gasteiger partial charge in [0.1, 0.15) is 0 Å². The highest BCUT2D eigenvalue weighted by molar-refractivity contribution is 6.41. The zero-order valence-corrected chi connectivity index (χ0v) is 6.44. The second-order valence-corrected chi connectivity index (χ2v) is 2.62. The van der Waals surface area contributed by atoms with Gasteiger partial charge in [0.25, 0.3) is 0 Å². The normalized spacial score (nSPS) is 25.6. The Kier molecular flexibility index (Phi) is 2.04. The van der Waals surface area contributed by atoms with Crippen molar-refractivity contribution in [3.05, 3.63) is 0 Å². The molecule has 0 aromatic heterocycles. The molecular weight excluding hydrogens is 126 g/mol. The molecule has 0 aromatic carbocycles. The summed E-state index contributed by atoms with van der Waals surface area (Å²) in [6, 6.07) is 0.336. The highest BCUT2D eigenvalue weighted by atomic mass is 15.3. The predicted molar refractivity (Wildman–Crippen MR) is 42.7 cm³/mol. The van der Waals surface area contributed by atoms with Gasteiger partial charge in [0.05, 0.1) is 11.4 Å². The molecule has 2 N–H and O–H groups in total. The second kappa shape index (κ2) is 2.82. The third kappa shape index (κ3) is 1.35.